The highest BCUT2D eigenvalue weighted by atomic mass is 19.1. The van der Waals surface area contributed by atoms with Crippen molar-refractivity contribution in [2.45, 2.75) is 30.9 Å². The zero-order valence-electron chi connectivity index (χ0n) is 19.0. The average molecular weight is 504 g/mol. The molecule has 37 heavy (non-hydrogen) atoms. The summed E-state index contributed by atoms with van der Waals surface area (Å²) in [5, 5.41) is 20.7. The number of aliphatic hydroxyl groups is 1. The second-order valence-corrected chi connectivity index (χ2v) is 9.50. The number of halogens is 2. The first kappa shape index (κ1) is 22.0. The lowest BCUT2D eigenvalue weighted by molar-refractivity contribution is -0.112. The van der Waals surface area contributed by atoms with E-state index < -0.39 is 47.9 Å². The largest absolute Gasteiger partial charge is 0.391 e. The number of anilines is 1. The molecule has 0 aliphatic carbocycles. The Kier molecular flexibility index (Phi) is 4.55. The van der Waals surface area contributed by atoms with Gasteiger partial charge >= 0.3 is 0 Å². The number of carbonyl (C=O) groups is 2. The van der Waals surface area contributed by atoms with Gasteiger partial charge in [-0.05, 0) is 48.0 Å². The summed E-state index contributed by atoms with van der Waals surface area (Å²) >= 11 is 0. The van der Waals surface area contributed by atoms with Crippen LogP contribution in [0.2, 0.25) is 0 Å². The summed E-state index contributed by atoms with van der Waals surface area (Å²) < 4.78 is 36.8. The number of imide groups is 1. The summed E-state index contributed by atoms with van der Waals surface area (Å²) in [5.41, 5.74) is 2.18. The molecule has 2 bridgehead atoms. The fourth-order valence-corrected chi connectivity index (χ4v) is 6.01. The molecule has 1 saturated heterocycles. The van der Waals surface area contributed by atoms with E-state index in [1.54, 1.807) is 10.6 Å². The Labute approximate surface area is 207 Å². The van der Waals surface area contributed by atoms with Crippen molar-refractivity contribution in [1.82, 2.24) is 9.88 Å². The van der Waals surface area contributed by atoms with E-state index >= 15 is 0 Å². The number of nitroso groups, excluding NO2 is 1. The van der Waals surface area contributed by atoms with Gasteiger partial charge in [0.05, 0.1) is 34.4 Å². The van der Waals surface area contributed by atoms with E-state index in [9.17, 15) is 28.4 Å². The summed E-state index contributed by atoms with van der Waals surface area (Å²) in [5.74, 6) is -2.29. The summed E-state index contributed by atoms with van der Waals surface area (Å²) in [6.07, 6.45) is -2.72. The van der Waals surface area contributed by atoms with Crippen LogP contribution in [0.3, 0.4) is 0 Å². The molecule has 4 heterocycles. The fraction of sp³-hybridized carbons (Fsp3) is 0.231. The van der Waals surface area contributed by atoms with E-state index in [0.29, 0.717) is 32.9 Å². The zero-order chi connectivity index (χ0) is 25.6. The number of nitrogens with zero attached hydrogens (tertiary/aromatic N) is 2. The minimum absolute atomic E-state index is 0.0673. The molecular formula is C26H18F2N4O5. The molecular weight excluding hydrogens is 486 g/mol. The Morgan fingerprint density at radius 3 is 2.57 bits per heavy atom. The van der Waals surface area contributed by atoms with Crippen LogP contribution < -0.4 is 10.6 Å². The molecule has 186 valence electrons. The van der Waals surface area contributed by atoms with E-state index in [1.807, 2.05) is 0 Å². The highest BCUT2D eigenvalue weighted by Crippen LogP contribution is 2.47. The van der Waals surface area contributed by atoms with Crippen molar-refractivity contribution < 1.29 is 28.2 Å². The summed E-state index contributed by atoms with van der Waals surface area (Å²) in [7, 11) is 0. The van der Waals surface area contributed by atoms with Crippen molar-refractivity contribution in [2.75, 3.05) is 11.9 Å². The summed E-state index contributed by atoms with van der Waals surface area (Å²) in [6, 6.07) is 8.89. The number of rotatable bonds is 2. The minimum Gasteiger partial charge on any atom is -0.391 e. The molecule has 0 spiro atoms. The van der Waals surface area contributed by atoms with Crippen LogP contribution in [0, 0.1) is 16.5 Å². The fourth-order valence-electron chi connectivity index (χ4n) is 6.01. The number of aromatic nitrogens is 1. The smallest absolute Gasteiger partial charge is 0.259 e. The molecule has 1 fully saturated rings. The lowest BCUT2D eigenvalue weighted by Crippen LogP contribution is -2.49. The van der Waals surface area contributed by atoms with Crippen LogP contribution in [-0.2, 0) is 4.74 Å². The zero-order valence-corrected chi connectivity index (χ0v) is 19.0. The van der Waals surface area contributed by atoms with Crippen LogP contribution in [0.4, 0.5) is 14.5 Å². The standard InChI is InChI=1S/C26H18F2N4O5/c27-10-1-3-13-15-8-18-20(22-21(15)24(34)31-25(22)35)14-4-2-11(28)6-17(14)32(18)23-19(33)7-12(9-29-36)37-26(23)30-16(13)5-10/h1-6,8,12,19,23,26,30,33H,7,9H2,(H,31,34,35)/t12-,19-,23-,26+/m0/s1. The van der Waals surface area contributed by atoms with Gasteiger partial charge in [-0.3, -0.25) is 14.9 Å². The van der Waals surface area contributed by atoms with E-state index in [-0.39, 0.29) is 29.8 Å². The quantitative estimate of drug-likeness (QED) is 0.282. The molecule has 9 nitrogen and oxygen atoms in total. The third-order valence-corrected chi connectivity index (χ3v) is 7.43. The van der Waals surface area contributed by atoms with Gasteiger partial charge in [0, 0.05) is 28.4 Å². The van der Waals surface area contributed by atoms with E-state index in [2.05, 4.69) is 15.8 Å². The number of fused-ring (bicyclic) bond motifs is 11. The van der Waals surface area contributed by atoms with Crippen molar-refractivity contribution in [3.63, 3.8) is 0 Å². The SMILES string of the molecule is O=NC[C@@H]1C[C@H](O)[C@H]2[C@H](Nc3cc(F)ccc3-c3cc4c(c5c3C(=O)NC5=O)c3ccc(F)cc3n42)O1. The summed E-state index contributed by atoms with van der Waals surface area (Å²) in [6.45, 7) is -0.203. The topological polar surface area (TPSA) is 122 Å². The van der Waals surface area contributed by atoms with Gasteiger partial charge in [-0.25, -0.2) is 8.78 Å². The van der Waals surface area contributed by atoms with Crippen LogP contribution in [0.15, 0.2) is 47.6 Å². The molecule has 0 unspecified atom stereocenters. The molecule has 2 amide bonds. The summed E-state index contributed by atoms with van der Waals surface area (Å²) in [4.78, 5) is 37.1. The van der Waals surface area contributed by atoms with E-state index in [4.69, 9.17) is 4.74 Å². The number of benzene rings is 3. The second kappa shape index (κ2) is 7.64. The third-order valence-electron chi connectivity index (χ3n) is 7.43. The monoisotopic (exact) mass is 504 g/mol. The van der Waals surface area contributed by atoms with Crippen molar-refractivity contribution in [1.29, 1.82) is 0 Å². The van der Waals surface area contributed by atoms with E-state index in [1.165, 1.54) is 36.4 Å². The predicted octanol–water partition coefficient (Wildman–Crippen LogP) is 3.83. The molecule has 3 aliphatic heterocycles. The number of amides is 2. The molecule has 3 N–H and O–H groups in total. The highest BCUT2D eigenvalue weighted by Gasteiger charge is 2.43. The average Bonchev–Trinajstić information content (AvgIpc) is 3.32. The Bertz CT molecular complexity index is 1700. The number of aliphatic hydroxyl groups excluding tert-OH is 1. The van der Waals surface area contributed by atoms with Crippen LogP contribution in [0.5, 0.6) is 0 Å². The van der Waals surface area contributed by atoms with Gasteiger partial charge in [0.1, 0.15) is 24.2 Å². The number of carbonyl (C=O) groups excluding carboxylic acids is 2. The van der Waals surface area contributed by atoms with Crippen LogP contribution >= 0.6 is 0 Å². The lowest BCUT2D eigenvalue weighted by atomic mass is 9.92. The number of ether oxygens (including phenoxy) is 1. The van der Waals surface area contributed by atoms with Crippen LogP contribution in [0.25, 0.3) is 32.9 Å². The molecule has 4 atom stereocenters. The van der Waals surface area contributed by atoms with E-state index in [0.717, 1.165) is 0 Å². The molecule has 4 aromatic rings. The van der Waals surface area contributed by atoms with Gasteiger partial charge < -0.3 is 19.7 Å². The van der Waals surface area contributed by atoms with Gasteiger partial charge in [-0.2, -0.15) is 4.91 Å². The Morgan fingerprint density at radius 2 is 1.76 bits per heavy atom. The van der Waals surface area contributed by atoms with Gasteiger partial charge in [0.25, 0.3) is 11.8 Å². The highest BCUT2D eigenvalue weighted by molar-refractivity contribution is 6.32. The Balaban J connectivity index is 1.66. The maximum atomic E-state index is 14.6. The maximum Gasteiger partial charge on any atom is 0.259 e. The van der Waals surface area contributed by atoms with Gasteiger partial charge in [-0.1, -0.05) is 5.18 Å². The first-order valence-corrected chi connectivity index (χ1v) is 11.7. The normalized spacial score (nSPS) is 24.1. The van der Waals surface area contributed by atoms with Gasteiger partial charge in [0.15, 0.2) is 6.23 Å². The number of hydrogen-bond donors (Lipinski definition) is 3. The van der Waals surface area contributed by atoms with Crippen molar-refractivity contribution in [3.05, 3.63) is 70.1 Å². The predicted molar refractivity (Wildman–Crippen MR) is 129 cm³/mol. The molecule has 0 radical (unpaired) electrons. The van der Waals surface area contributed by atoms with Crippen LogP contribution in [0.1, 0.15) is 33.2 Å². The van der Waals surface area contributed by atoms with Crippen molar-refractivity contribution in [2.24, 2.45) is 5.18 Å². The minimum atomic E-state index is -1.08. The third kappa shape index (κ3) is 3.01. The number of nitrogens with one attached hydrogen (secondary N) is 2. The lowest BCUT2D eigenvalue weighted by Gasteiger charge is -2.41. The maximum absolute atomic E-state index is 14.6. The second-order valence-electron chi connectivity index (χ2n) is 9.50. The van der Waals surface area contributed by atoms with Crippen molar-refractivity contribution in [3.8, 4) is 11.1 Å². The number of hydrogen-bond acceptors (Lipinski definition) is 7. The van der Waals surface area contributed by atoms with Gasteiger partial charge in [0.2, 0.25) is 0 Å². The van der Waals surface area contributed by atoms with Crippen molar-refractivity contribution >= 4 is 39.3 Å². The molecule has 0 saturated carbocycles. The Hall–Kier alpha value is -4.22. The molecule has 11 heteroatoms. The first-order valence-electron chi connectivity index (χ1n) is 11.7. The van der Waals surface area contributed by atoms with Crippen LogP contribution in [-0.4, -0.2) is 46.5 Å². The Morgan fingerprint density at radius 1 is 1.00 bits per heavy atom. The molecule has 1 aromatic heterocycles. The first-order chi connectivity index (χ1) is 17.9. The van der Waals surface area contributed by atoms with Gasteiger partial charge in [-0.15, -0.1) is 0 Å². The molecule has 3 aromatic carbocycles. The molecule has 3 aliphatic rings. The molecule has 7 rings (SSSR count).